The Balaban J connectivity index is 1.64. The van der Waals surface area contributed by atoms with E-state index in [2.05, 4.69) is 9.88 Å². The normalized spacial score (nSPS) is 15.3. The Morgan fingerprint density at radius 1 is 1.33 bits per heavy atom. The molecular formula is C17H20N2O4S. The average Bonchev–Trinajstić information content (AvgIpc) is 3.04. The molecule has 1 aliphatic rings. The van der Waals surface area contributed by atoms with Crippen molar-refractivity contribution in [3.63, 3.8) is 0 Å². The van der Waals surface area contributed by atoms with E-state index in [-0.39, 0.29) is 6.42 Å². The average molecular weight is 348 g/mol. The molecule has 0 saturated carbocycles. The van der Waals surface area contributed by atoms with Crippen LogP contribution in [-0.4, -0.2) is 60.4 Å². The lowest BCUT2D eigenvalue weighted by atomic mass is 10.2. The fraction of sp³-hybridized carbons (Fsp3) is 0.412. The largest absolute Gasteiger partial charge is 0.492 e. The number of carboxylic acid groups (broad SMARTS) is 1. The van der Waals surface area contributed by atoms with Gasteiger partial charge in [-0.15, -0.1) is 11.3 Å². The molecule has 2 aromatic rings. The van der Waals surface area contributed by atoms with Gasteiger partial charge in [0.05, 0.1) is 30.9 Å². The molecule has 1 aromatic carbocycles. The van der Waals surface area contributed by atoms with Crippen LogP contribution in [0.3, 0.4) is 0 Å². The summed E-state index contributed by atoms with van der Waals surface area (Å²) in [7, 11) is 0. The molecule has 1 saturated heterocycles. The van der Waals surface area contributed by atoms with E-state index in [1.165, 1.54) is 11.3 Å². The highest BCUT2D eigenvalue weighted by molar-refractivity contribution is 7.13. The zero-order valence-corrected chi connectivity index (χ0v) is 14.1. The Kier molecular flexibility index (Phi) is 5.79. The Hall–Kier alpha value is -1.96. The quantitative estimate of drug-likeness (QED) is 0.827. The van der Waals surface area contributed by atoms with E-state index in [1.807, 2.05) is 24.3 Å². The van der Waals surface area contributed by atoms with Gasteiger partial charge in [0.15, 0.2) is 0 Å². The van der Waals surface area contributed by atoms with Crippen LogP contribution < -0.4 is 4.74 Å². The highest BCUT2D eigenvalue weighted by Gasteiger charge is 2.13. The molecule has 0 bridgehead atoms. The van der Waals surface area contributed by atoms with Gasteiger partial charge in [0, 0.05) is 25.0 Å². The standard InChI is InChI=1S/C17H20N2O4S/c20-16(21)11-13-12-24-17(18-13)14-3-1-2-4-15(14)23-10-7-19-5-8-22-9-6-19/h1-4,12H,5-11H2,(H,20,21). The first-order valence-corrected chi connectivity index (χ1v) is 8.79. The van der Waals surface area contributed by atoms with Gasteiger partial charge < -0.3 is 14.6 Å². The third-order valence-electron chi connectivity index (χ3n) is 3.77. The molecule has 24 heavy (non-hydrogen) atoms. The van der Waals surface area contributed by atoms with Crippen LogP contribution >= 0.6 is 11.3 Å². The van der Waals surface area contributed by atoms with Gasteiger partial charge in [0.1, 0.15) is 17.4 Å². The summed E-state index contributed by atoms with van der Waals surface area (Å²) in [5, 5.41) is 11.4. The molecule has 0 spiro atoms. The van der Waals surface area contributed by atoms with Gasteiger partial charge in [0.2, 0.25) is 0 Å². The Morgan fingerprint density at radius 2 is 2.12 bits per heavy atom. The van der Waals surface area contributed by atoms with Crippen LogP contribution in [0.1, 0.15) is 5.69 Å². The van der Waals surface area contributed by atoms with E-state index in [0.29, 0.717) is 12.3 Å². The number of carbonyl (C=O) groups is 1. The highest BCUT2D eigenvalue weighted by Crippen LogP contribution is 2.32. The second kappa shape index (κ2) is 8.23. The number of morpholine rings is 1. The minimum absolute atomic E-state index is 0.0590. The molecule has 6 nitrogen and oxygen atoms in total. The number of carboxylic acids is 1. The molecule has 1 fully saturated rings. The Bertz CT molecular complexity index is 683. The van der Waals surface area contributed by atoms with Gasteiger partial charge in [-0.2, -0.15) is 0 Å². The fourth-order valence-electron chi connectivity index (χ4n) is 2.55. The van der Waals surface area contributed by atoms with Crippen molar-refractivity contribution in [2.45, 2.75) is 6.42 Å². The monoisotopic (exact) mass is 348 g/mol. The summed E-state index contributed by atoms with van der Waals surface area (Å²) < 4.78 is 11.3. The Labute approximate surface area is 144 Å². The number of ether oxygens (including phenoxy) is 2. The van der Waals surface area contributed by atoms with Crippen molar-refractivity contribution in [2.24, 2.45) is 0 Å². The number of benzene rings is 1. The van der Waals surface area contributed by atoms with E-state index < -0.39 is 5.97 Å². The van der Waals surface area contributed by atoms with Crippen molar-refractivity contribution >= 4 is 17.3 Å². The number of para-hydroxylation sites is 1. The molecule has 0 radical (unpaired) electrons. The predicted octanol–water partition coefficient (Wildman–Crippen LogP) is 2.15. The lowest BCUT2D eigenvalue weighted by Gasteiger charge is -2.26. The van der Waals surface area contributed by atoms with E-state index in [0.717, 1.165) is 49.2 Å². The zero-order chi connectivity index (χ0) is 16.8. The maximum absolute atomic E-state index is 10.8. The highest BCUT2D eigenvalue weighted by atomic mass is 32.1. The summed E-state index contributed by atoms with van der Waals surface area (Å²) in [6, 6.07) is 7.74. The minimum atomic E-state index is -0.873. The molecule has 1 aliphatic heterocycles. The molecule has 0 aliphatic carbocycles. The van der Waals surface area contributed by atoms with Crippen molar-refractivity contribution in [3.8, 4) is 16.3 Å². The smallest absolute Gasteiger partial charge is 0.309 e. The van der Waals surface area contributed by atoms with Crippen molar-refractivity contribution in [2.75, 3.05) is 39.5 Å². The van der Waals surface area contributed by atoms with Gasteiger partial charge in [-0.3, -0.25) is 9.69 Å². The summed E-state index contributed by atoms with van der Waals surface area (Å²) in [5.41, 5.74) is 1.48. The number of nitrogens with zero attached hydrogens (tertiary/aromatic N) is 2. The maximum atomic E-state index is 10.8. The van der Waals surface area contributed by atoms with Gasteiger partial charge in [0.25, 0.3) is 0 Å². The van der Waals surface area contributed by atoms with Crippen LogP contribution in [0.4, 0.5) is 0 Å². The summed E-state index contributed by atoms with van der Waals surface area (Å²) >= 11 is 1.44. The van der Waals surface area contributed by atoms with E-state index in [9.17, 15) is 4.79 Å². The van der Waals surface area contributed by atoms with Crippen LogP contribution in [0.15, 0.2) is 29.6 Å². The molecule has 0 unspecified atom stereocenters. The lowest BCUT2D eigenvalue weighted by Crippen LogP contribution is -2.38. The van der Waals surface area contributed by atoms with Crippen LogP contribution in [-0.2, 0) is 16.0 Å². The van der Waals surface area contributed by atoms with Crippen LogP contribution in [0.2, 0.25) is 0 Å². The molecule has 1 N–H and O–H groups in total. The van der Waals surface area contributed by atoms with Crippen molar-refractivity contribution in [1.82, 2.24) is 9.88 Å². The second-order valence-corrected chi connectivity index (χ2v) is 6.37. The van der Waals surface area contributed by atoms with E-state index >= 15 is 0 Å². The van der Waals surface area contributed by atoms with Gasteiger partial charge in [-0.1, -0.05) is 12.1 Å². The molecule has 1 aromatic heterocycles. The van der Waals surface area contributed by atoms with E-state index in [1.54, 1.807) is 5.38 Å². The number of rotatable bonds is 7. The van der Waals surface area contributed by atoms with Crippen molar-refractivity contribution in [1.29, 1.82) is 0 Å². The van der Waals surface area contributed by atoms with Gasteiger partial charge >= 0.3 is 5.97 Å². The van der Waals surface area contributed by atoms with Crippen molar-refractivity contribution in [3.05, 3.63) is 35.3 Å². The number of aliphatic carboxylic acids is 1. The molecule has 0 atom stereocenters. The minimum Gasteiger partial charge on any atom is -0.492 e. The first-order valence-electron chi connectivity index (χ1n) is 7.91. The summed E-state index contributed by atoms with van der Waals surface area (Å²) in [6.45, 7) is 4.90. The summed E-state index contributed by atoms with van der Waals surface area (Å²) in [6.07, 6.45) is -0.0590. The Morgan fingerprint density at radius 3 is 2.92 bits per heavy atom. The lowest BCUT2D eigenvalue weighted by molar-refractivity contribution is -0.136. The van der Waals surface area contributed by atoms with Crippen molar-refractivity contribution < 1.29 is 19.4 Å². The topological polar surface area (TPSA) is 71.9 Å². The molecule has 3 rings (SSSR count). The summed E-state index contributed by atoms with van der Waals surface area (Å²) in [5.74, 6) is -0.0936. The maximum Gasteiger partial charge on any atom is 0.309 e. The van der Waals surface area contributed by atoms with Crippen LogP contribution in [0, 0.1) is 0 Å². The molecular weight excluding hydrogens is 328 g/mol. The number of hydrogen-bond donors (Lipinski definition) is 1. The first-order chi connectivity index (χ1) is 11.7. The fourth-order valence-corrected chi connectivity index (χ4v) is 3.39. The SMILES string of the molecule is O=C(O)Cc1csc(-c2ccccc2OCCN2CCOCC2)n1. The number of thiazole rings is 1. The molecule has 2 heterocycles. The van der Waals surface area contributed by atoms with Crippen LogP contribution in [0.25, 0.3) is 10.6 Å². The first kappa shape index (κ1) is 16.9. The van der Waals surface area contributed by atoms with Crippen LogP contribution in [0.5, 0.6) is 5.75 Å². The summed E-state index contributed by atoms with van der Waals surface area (Å²) in [4.78, 5) is 17.5. The molecule has 7 heteroatoms. The predicted molar refractivity (Wildman–Crippen MR) is 91.6 cm³/mol. The van der Waals surface area contributed by atoms with Gasteiger partial charge in [-0.25, -0.2) is 4.98 Å². The van der Waals surface area contributed by atoms with Gasteiger partial charge in [-0.05, 0) is 12.1 Å². The molecule has 128 valence electrons. The number of hydrogen-bond acceptors (Lipinski definition) is 6. The second-order valence-electron chi connectivity index (χ2n) is 5.51. The van der Waals surface area contributed by atoms with E-state index in [4.69, 9.17) is 14.6 Å². The molecule has 0 amide bonds. The number of aromatic nitrogens is 1. The zero-order valence-electron chi connectivity index (χ0n) is 13.3. The third kappa shape index (κ3) is 4.53. The third-order valence-corrected chi connectivity index (χ3v) is 4.69.